The van der Waals surface area contributed by atoms with Gasteiger partial charge in [0, 0.05) is 12.3 Å². The molecule has 0 saturated carbocycles. The van der Waals surface area contributed by atoms with Crippen LogP contribution in [0.5, 0.6) is 0 Å². The van der Waals surface area contributed by atoms with E-state index in [1.54, 1.807) is 6.26 Å². The van der Waals surface area contributed by atoms with Gasteiger partial charge in [-0.3, -0.25) is 0 Å². The van der Waals surface area contributed by atoms with Crippen LogP contribution in [0.4, 0.5) is 0 Å². The molecule has 2 aliphatic rings. The van der Waals surface area contributed by atoms with Gasteiger partial charge in [-0.1, -0.05) is 6.08 Å². The van der Waals surface area contributed by atoms with Crippen LogP contribution in [0.3, 0.4) is 0 Å². The first-order chi connectivity index (χ1) is 4.47. The summed E-state index contributed by atoms with van der Waals surface area (Å²) in [4.78, 5) is 1.99. The second-order valence-corrected chi connectivity index (χ2v) is 1.92. The van der Waals surface area contributed by atoms with E-state index in [9.17, 15) is 0 Å². The molecule has 0 bridgehead atoms. The second kappa shape index (κ2) is 1.65. The standard InChI is InChI=1S/C7H6NO/c1-2-4-8-6-9-5-7(8)3-1/h1-2,4-5H,6H2. The molecule has 0 N–H and O–H groups in total. The number of fused-ring (bicyclic) bond motifs is 1. The van der Waals surface area contributed by atoms with E-state index in [0.717, 1.165) is 5.70 Å². The summed E-state index contributed by atoms with van der Waals surface area (Å²) >= 11 is 0. The van der Waals surface area contributed by atoms with Gasteiger partial charge >= 0.3 is 0 Å². The molecular formula is C7H6NO. The summed E-state index contributed by atoms with van der Waals surface area (Å²) in [7, 11) is 0. The first kappa shape index (κ1) is 4.68. The third-order valence-electron chi connectivity index (χ3n) is 1.31. The number of hydrogen-bond acceptors (Lipinski definition) is 2. The minimum atomic E-state index is 0.632. The van der Waals surface area contributed by atoms with Crippen molar-refractivity contribution in [3.8, 4) is 0 Å². The zero-order valence-corrected chi connectivity index (χ0v) is 4.87. The lowest BCUT2D eigenvalue weighted by atomic mass is 10.3. The van der Waals surface area contributed by atoms with Gasteiger partial charge in [0.15, 0.2) is 6.73 Å². The zero-order chi connectivity index (χ0) is 6.10. The van der Waals surface area contributed by atoms with E-state index in [2.05, 4.69) is 6.08 Å². The Morgan fingerprint density at radius 3 is 3.56 bits per heavy atom. The Hall–Kier alpha value is -1.18. The largest absolute Gasteiger partial charge is 0.478 e. The Bertz CT molecular complexity index is 200. The average molecular weight is 120 g/mol. The molecular weight excluding hydrogens is 114 g/mol. The molecule has 2 rings (SSSR count). The van der Waals surface area contributed by atoms with Crippen LogP contribution in [0.2, 0.25) is 0 Å². The monoisotopic (exact) mass is 120 g/mol. The fourth-order valence-electron chi connectivity index (χ4n) is 0.854. The van der Waals surface area contributed by atoms with Crippen molar-refractivity contribution in [2.45, 2.75) is 0 Å². The van der Waals surface area contributed by atoms with Gasteiger partial charge in [-0.05, 0) is 6.08 Å². The van der Waals surface area contributed by atoms with Gasteiger partial charge in [0.1, 0.15) is 6.26 Å². The molecule has 0 saturated heterocycles. The summed E-state index contributed by atoms with van der Waals surface area (Å²) < 4.78 is 5.02. The zero-order valence-electron chi connectivity index (χ0n) is 4.87. The Labute approximate surface area is 53.7 Å². The topological polar surface area (TPSA) is 12.5 Å². The van der Waals surface area contributed by atoms with Crippen molar-refractivity contribution in [2.75, 3.05) is 6.73 Å². The molecule has 0 aromatic heterocycles. The van der Waals surface area contributed by atoms with Gasteiger partial charge in [-0.2, -0.15) is 0 Å². The second-order valence-electron chi connectivity index (χ2n) is 1.92. The highest BCUT2D eigenvalue weighted by molar-refractivity contribution is 5.22. The maximum absolute atomic E-state index is 5.02. The van der Waals surface area contributed by atoms with E-state index in [1.165, 1.54) is 0 Å². The number of rotatable bonds is 0. The van der Waals surface area contributed by atoms with Crippen molar-refractivity contribution >= 4 is 0 Å². The van der Waals surface area contributed by atoms with Crippen LogP contribution in [-0.4, -0.2) is 11.6 Å². The van der Waals surface area contributed by atoms with Crippen LogP contribution in [0.25, 0.3) is 0 Å². The fourth-order valence-corrected chi connectivity index (χ4v) is 0.854. The SMILES string of the molecule is [C]1=CC=CN2COC=C12. The van der Waals surface area contributed by atoms with Gasteiger partial charge in [0.2, 0.25) is 0 Å². The normalized spacial score (nSPS) is 21.3. The first-order valence-electron chi connectivity index (χ1n) is 2.82. The van der Waals surface area contributed by atoms with Crippen LogP contribution in [0.1, 0.15) is 0 Å². The summed E-state index contributed by atoms with van der Waals surface area (Å²) in [6.45, 7) is 0.632. The molecule has 2 aliphatic heterocycles. The third kappa shape index (κ3) is 0.633. The fraction of sp³-hybridized carbons (Fsp3) is 0.143. The van der Waals surface area contributed by atoms with E-state index in [1.807, 2.05) is 23.3 Å². The molecule has 45 valence electrons. The van der Waals surface area contributed by atoms with Crippen LogP contribution in [0, 0.1) is 6.08 Å². The maximum Gasteiger partial charge on any atom is 0.164 e. The molecule has 2 nitrogen and oxygen atoms in total. The lowest BCUT2D eigenvalue weighted by Crippen LogP contribution is -2.12. The van der Waals surface area contributed by atoms with Crippen LogP contribution in [0.15, 0.2) is 30.3 Å². The molecule has 1 radical (unpaired) electrons. The van der Waals surface area contributed by atoms with E-state index in [4.69, 9.17) is 4.74 Å². The van der Waals surface area contributed by atoms with Crippen molar-refractivity contribution in [1.82, 2.24) is 4.90 Å². The van der Waals surface area contributed by atoms with Crippen molar-refractivity contribution in [3.05, 3.63) is 36.4 Å². The molecule has 2 heteroatoms. The number of nitrogens with zero attached hydrogens (tertiary/aromatic N) is 1. The molecule has 0 amide bonds. The Morgan fingerprint density at radius 1 is 1.67 bits per heavy atom. The predicted octanol–water partition coefficient (Wildman–Crippen LogP) is 1.00. The van der Waals surface area contributed by atoms with E-state index in [0.29, 0.717) is 6.73 Å². The molecule has 0 aliphatic carbocycles. The minimum Gasteiger partial charge on any atom is -0.478 e. The van der Waals surface area contributed by atoms with Crippen molar-refractivity contribution in [3.63, 3.8) is 0 Å². The highest BCUT2D eigenvalue weighted by atomic mass is 16.5. The Kier molecular flexibility index (Phi) is 0.859. The number of hydrogen-bond donors (Lipinski definition) is 0. The summed E-state index contributed by atoms with van der Waals surface area (Å²) in [5, 5.41) is 0. The van der Waals surface area contributed by atoms with E-state index >= 15 is 0 Å². The van der Waals surface area contributed by atoms with Gasteiger partial charge in [0.25, 0.3) is 0 Å². The lowest BCUT2D eigenvalue weighted by molar-refractivity contribution is 0.201. The maximum atomic E-state index is 5.02. The van der Waals surface area contributed by atoms with Gasteiger partial charge < -0.3 is 9.64 Å². The molecule has 9 heavy (non-hydrogen) atoms. The predicted molar refractivity (Wildman–Crippen MR) is 32.8 cm³/mol. The Balaban J connectivity index is 2.33. The average Bonchev–Trinajstić information content (AvgIpc) is 2.33. The van der Waals surface area contributed by atoms with Gasteiger partial charge in [0.05, 0.1) is 5.70 Å². The van der Waals surface area contributed by atoms with Gasteiger partial charge in [-0.15, -0.1) is 0 Å². The lowest BCUT2D eigenvalue weighted by Gasteiger charge is -2.12. The molecule has 0 unspecified atom stereocenters. The molecule has 0 aromatic carbocycles. The van der Waals surface area contributed by atoms with Gasteiger partial charge in [-0.25, -0.2) is 0 Å². The molecule has 0 fully saturated rings. The summed E-state index contributed by atoms with van der Waals surface area (Å²) in [6.07, 6.45) is 10.5. The highest BCUT2D eigenvalue weighted by Gasteiger charge is 2.11. The molecule has 0 aromatic rings. The highest BCUT2D eigenvalue weighted by Crippen LogP contribution is 2.16. The van der Waals surface area contributed by atoms with Crippen molar-refractivity contribution in [2.24, 2.45) is 0 Å². The summed E-state index contributed by atoms with van der Waals surface area (Å²) in [6, 6.07) is 0. The van der Waals surface area contributed by atoms with Crippen LogP contribution in [-0.2, 0) is 4.74 Å². The third-order valence-corrected chi connectivity index (χ3v) is 1.31. The Morgan fingerprint density at radius 2 is 2.67 bits per heavy atom. The van der Waals surface area contributed by atoms with E-state index < -0.39 is 0 Å². The van der Waals surface area contributed by atoms with Crippen molar-refractivity contribution in [1.29, 1.82) is 0 Å². The van der Waals surface area contributed by atoms with Crippen LogP contribution < -0.4 is 0 Å². The minimum absolute atomic E-state index is 0.632. The quantitative estimate of drug-likeness (QED) is 0.473. The summed E-state index contributed by atoms with van der Waals surface area (Å²) in [5.74, 6) is 0. The number of allylic oxidation sites excluding steroid dienone is 3. The smallest absolute Gasteiger partial charge is 0.164 e. The molecule has 2 heterocycles. The summed E-state index contributed by atoms with van der Waals surface area (Å²) in [5.41, 5.74) is 1.01. The molecule has 0 atom stereocenters. The van der Waals surface area contributed by atoms with E-state index in [-0.39, 0.29) is 0 Å². The molecule has 0 spiro atoms. The first-order valence-corrected chi connectivity index (χ1v) is 2.82. The van der Waals surface area contributed by atoms with Crippen molar-refractivity contribution < 1.29 is 4.74 Å². The van der Waals surface area contributed by atoms with Crippen LogP contribution >= 0.6 is 0 Å². The number of ether oxygens (including phenoxy) is 1.